The first kappa shape index (κ1) is 16.2. The van der Waals surface area contributed by atoms with Crippen LogP contribution < -0.4 is 0 Å². The minimum Gasteiger partial charge on any atom is -0.494 e. The number of nitro groups is 1. The number of benzene rings is 2. The van der Waals surface area contributed by atoms with E-state index < -0.39 is 10.8 Å². The smallest absolute Gasteiger partial charge is 0.280 e. The standard InChI is InChI=1S/C19H10N4O4/c1-20-12-4-2-3-11(9-12)17-15-14(18(24)22-17)16(21-19(15)25)10-5-7-13(8-6-10)23(26)27/h2-9,22,24H. The van der Waals surface area contributed by atoms with Crippen LogP contribution >= 0.6 is 0 Å². The molecule has 2 aromatic carbocycles. The van der Waals surface area contributed by atoms with Crippen LogP contribution in [-0.2, 0) is 0 Å². The van der Waals surface area contributed by atoms with E-state index in [1.165, 1.54) is 24.3 Å². The predicted molar refractivity (Wildman–Crippen MR) is 97.2 cm³/mol. The zero-order chi connectivity index (χ0) is 19.1. The van der Waals surface area contributed by atoms with Crippen LogP contribution in [0.2, 0.25) is 0 Å². The molecule has 0 aliphatic carbocycles. The molecule has 0 radical (unpaired) electrons. The quantitative estimate of drug-likeness (QED) is 0.421. The van der Waals surface area contributed by atoms with Gasteiger partial charge in [0.1, 0.15) is 0 Å². The van der Waals surface area contributed by atoms with Crippen LogP contribution in [0.1, 0.15) is 21.5 Å². The van der Waals surface area contributed by atoms with Crippen molar-refractivity contribution in [1.29, 1.82) is 0 Å². The number of aromatic hydroxyl groups is 1. The molecule has 1 aliphatic heterocycles. The number of aliphatic imine (C=N–C) groups is 1. The molecule has 4 rings (SSSR count). The van der Waals surface area contributed by atoms with E-state index in [9.17, 15) is 20.0 Å². The van der Waals surface area contributed by atoms with Crippen LogP contribution in [-0.4, -0.2) is 26.6 Å². The van der Waals surface area contributed by atoms with Gasteiger partial charge in [-0.25, -0.2) is 9.84 Å². The van der Waals surface area contributed by atoms with E-state index in [-0.39, 0.29) is 28.4 Å². The average Bonchev–Trinajstić information content (AvgIpc) is 3.20. The lowest BCUT2D eigenvalue weighted by Gasteiger charge is -2.01. The number of nitro benzene ring substituents is 1. The molecule has 8 nitrogen and oxygen atoms in total. The molecule has 2 N–H and O–H groups in total. The third-order valence-electron chi connectivity index (χ3n) is 4.26. The second kappa shape index (κ2) is 5.93. The molecule has 0 bridgehead atoms. The van der Waals surface area contributed by atoms with Crippen molar-refractivity contribution in [3.63, 3.8) is 0 Å². The lowest BCUT2D eigenvalue weighted by atomic mass is 10.00. The van der Waals surface area contributed by atoms with Crippen molar-refractivity contribution in [2.45, 2.75) is 0 Å². The first-order valence-electron chi connectivity index (χ1n) is 7.80. The summed E-state index contributed by atoms with van der Waals surface area (Å²) in [4.78, 5) is 33.0. The Bertz CT molecular complexity index is 1180. The number of hydrogen-bond acceptors (Lipinski definition) is 4. The van der Waals surface area contributed by atoms with E-state index in [2.05, 4.69) is 14.8 Å². The van der Waals surface area contributed by atoms with Crippen molar-refractivity contribution in [3.8, 4) is 17.1 Å². The molecule has 0 saturated heterocycles. The Morgan fingerprint density at radius 1 is 1.11 bits per heavy atom. The van der Waals surface area contributed by atoms with E-state index in [4.69, 9.17) is 6.57 Å². The molecular weight excluding hydrogens is 348 g/mol. The molecule has 0 unspecified atom stereocenters. The largest absolute Gasteiger partial charge is 0.494 e. The highest BCUT2D eigenvalue weighted by atomic mass is 16.6. The van der Waals surface area contributed by atoms with Crippen molar-refractivity contribution >= 4 is 23.0 Å². The summed E-state index contributed by atoms with van der Waals surface area (Å²) in [6.45, 7) is 7.12. The molecule has 8 heteroatoms. The summed E-state index contributed by atoms with van der Waals surface area (Å²) in [5.41, 5.74) is 2.44. The summed E-state index contributed by atoms with van der Waals surface area (Å²) in [5.74, 6) is -0.755. The molecule has 0 fully saturated rings. The van der Waals surface area contributed by atoms with Crippen molar-refractivity contribution < 1.29 is 14.8 Å². The lowest BCUT2D eigenvalue weighted by Crippen LogP contribution is -2.00. The fourth-order valence-corrected chi connectivity index (χ4v) is 3.04. The van der Waals surface area contributed by atoms with Crippen LogP contribution in [0.25, 0.3) is 16.1 Å². The molecule has 27 heavy (non-hydrogen) atoms. The van der Waals surface area contributed by atoms with E-state index >= 15 is 0 Å². The molecular formula is C19H10N4O4. The SMILES string of the molecule is [C-]#[N+]c1cccc(-c2[nH]c(O)c3c2C(=O)N=C3c2ccc([N+](=O)[O-])cc2)c1. The number of non-ortho nitro benzene ring substituents is 1. The predicted octanol–water partition coefficient (Wildman–Crippen LogP) is 3.84. The molecule has 0 saturated carbocycles. The summed E-state index contributed by atoms with van der Waals surface area (Å²) in [5, 5.41) is 21.2. The summed E-state index contributed by atoms with van der Waals surface area (Å²) in [7, 11) is 0. The monoisotopic (exact) mass is 358 g/mol. The maximum absolute atomic E-state index is 12.5. The Morgan fingerprint density at radius 2 is 1.85 bits per heavy atom. The van der Waals surface area contributed by atoms with Gasteiger partial charge in [0, 0.05) is 17.7 Å². The first-order chi connectivity index (χ1) is 13.0. The van der Waals surface area contributed by atoms with Crippen LogP contribution in [0, 0.1) is 16.7 Å². The number of rotatable bonds is 3. The zero-order valence-corrected chi connectivity index (χ0v) is 13.6. The third kappa shape index (κ3) is 2.54. The minimum absolute atomic E-state index is 0.0844. The highest BCUT2D eigenvalue weighted by Gasteiger charge is 2.33. The van der Waals surface area contributed by atoms with Gasteiger partial charge < -0.3 is 10.1 Å². The van der Waals surface area contributed by atoms with E-state index in [0.29, 0.717) is 22.5 Å². The van der Waals surface area contributed by atoms with Gasteiger partial charge in [-0.05, 0) is 23.8 Å². The first-order valence-corrected chi connectivity index (χ1v) is 7.80. The third-order valence-corrected chi connectivity index (χ3v) is 4.26. The van der Waals surface area contributed by atoms with E-state index in [0.717, 1.165) is 0 Å². The number of amides is 1. The Morgan fingerprint density at radius 3 is 2.52 bits per heavy atom. The lowest BCUT2D eigenvalue weighted by molar-refractivity contribution is -0.384. The van der Waals surface area contributed by atoms with Crippen LogP contribution in [0.5, 0.6) is 5.88 Å². The Balaban J connectivity index is 1.83. The molecule has 3 aromatic rings. The van der Waals surface area contributed by atoms with Gasteiger partial charge in [0.05, 0.1) is 34.0 Å². The number of aromatic nitrogens is 1. The van der Waals surface area contributed by atoms with Crippen LogP contribution in [0.15, 0.2) is 53.5 Å². The number of carbonyl (C=O) groups excluding carboxylic acids is 1. The van der Waals surface area contributed by atoms with Crippen molar-refractivity contribution in [1.82, 2.24) is 4.98 Å². The van der Waals surface area contributed by atoms with Gasteiger partial charge in [0.2, 0.25) is 0 Å². The number of nitrogens with zero attached hydrogens (tertiary/aromatic N) is 3. The topological polar surface area (TPSA) is 113 Å². The van der Waals surface area contributed by atoms with Gasteiger partial charge in [-0.1, -0.05) is 18.2 Å². The van der Waals surface area contributed by atoms with Gasteiger partial charge >= 0.3 is 0 Å². The number of carbonyl (C=O) groups is 1. The van der Waals surface area contributed by atoms with Gasteiger partial charge in [-0.2, -0.15) is 0 Å². The van der Waals surface area contributed by atoms with Gasteiger partial charge in [0.25, 0.3) is 11.6 Å². The Labute approximate surface area is 152 Å². The fraction of sp³-hybridized carbons (Fsp3) is 0. The minimum atomic E-state index is -0.530. The number of nitrogens with one attached hydrogen (secondary N) is 1. The molecule has 1 aliphatic rings. The zero-order valence-electron chi connectivity index (χ0n) is 13.6. The number of H-pyrrole nitrogens is 1. The summed E-state index contributed by atoms with van der Waals surface area (Å²) in [6.07, 6.45) is 0. The Hall–Kier alpha value is -4.25. The second-order valence-corrected chi connectivity index (χ2v) is 5.83. The molecule has 0 spiro atoms. The molecule has 2 heterocycles. The Kier molecular flexibility index (Phi) is 3.56. The summed E-state index contributed by atoms with van der Waals surface area (Å²) in [6, 6.07) is 12.2. The van der Waals surface area contributed by atoms with Gasteiger partial charge in [-0.15, -0.1) is 0 Å². The van der Waals surface area contributed by atoms with Gasteiger partial charge in [0.15, 0.2) is 11.6 Å². The highest BCUT2D eigenvalue weighted by molar-refractivity contribution is 6.30. The average molecular weight is 358 g/mol. The molecule has 1 aromatic heterocycles. The van der Waals surface area contributed by atoms with Crippen molar-refractivity contribution in [3.05, 3.63) is 86.8 Å². The summed E-state index contributed by atoms with van der Waals surface area (Å²) < 4.78 is 0. The normalized spacial score (nSPS) is 12.4. The molecule has 0 atom stereocenters. The maximum Gasteiger partial charge on any atom is 0.280 e. The van der Waals surface area contributed by atoms with Gasteiger partial charge in [-0.3, -0.25) is 14.9 Å². The number of hydrogen-bond donors (Lipinski definition) is 2. The van der Waals surface area contributed by atoms with Crippen LogP contribution in [0.4, 0.5) is 11.4 Å². The van der Waals surface area contributed by atoms with E-state index in [1.54, 1.807) is 24.3 Å². The number of fused-ring (bicyclic) bond motifs is 1. The highest BCUT2D eigenvalue weighted by Crippen LogP contribution is 2.38. The number of aromatic amines is 1. The van der Waals surface area contributed by atoms with Crippen molar-refractivity contribution in [2.75, 3.05) is 0 Å². The van der Waals surface area contributed by atoms with E-state index in [1.807, 2.05) is 0 Å². The summed E-state index contributed by atoms with van der Waals surface area (Å²) >= 11 is 0. The van der Waals surface area contributed by atoms with Crippen molar-refractivity contribution in [2.24, 2.45) is 4.99 Å². The second-order valence-electron chi connectivity index (χ2n) is 5.83. The van der Waals surface area contributed by atoms with Crippen LogP contribution in [0.3, 0.4) is 0 Å². The molecule has 130 valence electrons. The maximum atomic E-state index is 12.5. The molecule has 1 amide bonds. The fourth-order valence-electron chi connectivity index (χ4n) is 3.04.